The van der Waals surface area contributed by atoms with Gasteiger partial charge >= 0.3 is 0 Å². The molecule has 1 fully saturated rings. The van der Waals surface area contributed by atoms with Crippen LogP contribution in [0.25, 0.3) is 0 Å². The lowest BCUT2D eigenvalue weighted by Crippen LogP contribution is -2.49. The highest BCUT2D eigenvalue weighted by atomic mass is 14.5. The van der Waals surface area contributed by atoms with Crippen molar-refractivity contribution in [2.45, 2.75) is 79.6 Å². The molecule has 0 heterocycles. The van der Waals surface area contributed by atoms with Crippen LogP contribution in [0.3, 0.4) is 0 Å². The van der Waals surface area contributed by atoms with E-state index in [0.29, 0.717) is 5.41 Å². The van der Waals surface area contributed by atoms with E-state index in [4.69, 9.17) is 0 Å². The van der Waals surface area contributed by atoms with Crippen LogP contribution in [0.2, 0.25) is 0 Å². The van der Waals surface area contributed by atoms with E-state index in [1.165, 1.54) is 44.9 Å². The van der Waals surface area contributed by atoms with Crippen LogP contribution in [0, 0.1) is 23.2 Å². The van der Waals surface area contributed by atoms with Crippen molar-refractivity contribution in [2.24, 2.45) is 23.2 Å². The van der Waals surface area contributed by atoms with Crippen molar-refractivity contribution < 1.29 is 0 Å². The van der Waals surface area contributed by atoms with Gasteiger partial charge in [0.05, 0.1) is 0 Å². The smallest absolute Gasteiger partial charge is 0.0249 e. The summed E-state index contributed by atoms with van der Waals surface area (Å²) in [6.07, 6.45) is 10.2. The molecule has 16 heavy (non-hydrogen) atoms. The Hall–Kier alpha value is 0. The standard InChI is InChI=1S/C16H32/c1-6-7-8-9-10-11-15-12-14(4)16(15,5)13(2)3/h13-15H,6-12H2,1-5H3. The Morgan fingerprint density at radius 1 is 1.12 bits per heavy atom. The number of hydrogen-bond acceptors (Lipinski definition) is 0. The fourth-order valence-electron chi connectivity index (χ4n) is 3.64. The fraction of sp³-hybridized carbons (Fsp3) is 1.00. The van der Waals surface area contributed by atoms with Gasteiger partial charge in [0.25, 0.3) is 0 Å². The van der Waals surface area contributed by atoms with Crippen molar-refractivity contribution in [3.05, 3.63) is 0 Å². The highest BCUT2D eigenvalue weighted by molar-refractivity contribution is 4.98. The molecule has 0 aromatic carbocycles. The van der Waals surface area contributed by atoms with Crippen molar-refractivity contribution in [1.82, 2.24) is 0 Å². The maximum Gasteiger partial charge on any atom is -0.0249 e. The lowest BCUT2D eigenvalue weighted by molar-refractivity contribution is -0.0724. The molecule has 0 spiro atoms. The third kappa shape index (κ3) is 2.81. The third-order valence-corrected chi connectivity index (χ3v) is 5.48. The molecule has 0 nitrogen and oxygen atoms in total. The molecule has 1 aliphatic rings. The second kappa shape index (κ2) is 6.07. The van der Waals surface area contributed by atoms with Gasteiger partial charge in [0.15, 0.2) is 0 Å². The quantitative estimate of drug-likeness (QED) is 0.489. The van der Waals surface area contributed by atoms with Crippen LogP contribution in [0.5, 0.6) is 0 Å². The van der Waals surface area contributed by atoms with E-state index in [2.05, 4.69) is 34.6 Å². The zero-order valence-electron chi connectivity index (χ0n) is 12.2. The Labute approximate surface area is 103 Å². The predicted octanol–water partition coefficient (Wildman–Crippen LogP) is 5.67. The summed E-state index contributed by atoms with van der Waals surface area (Å²) in [5, 5.41) is 0. The SMILES string of the molecule is CCCCCCCC1CC(C)C1(C)C(C)C. The van der Waals surface area contributed by atoms with Gasteiger partial charge in [-0.3, -0.25) is 0 Å². The highest BCUT2D eigenvalue weighted by Crippen LogP contribution is 2.57. The molecule has 0 heteroatoms. The van der Waals surface area contributed by atoms with Gasteiger partial charge < -0.3 is 0 Å². The molecule has 1 saturated carbocycles. The number of unbranched alkanes of at least 4 members (excludes halogenated alkanes) is 4. The van der Waals surface area contributed by atoms with Crippen LogP contribution < -0.4 is 0 Å². The van der Waals surface area contributed by atoms with Gasteiger partial charge in [-0.1, -0.05) is 66.7 Å². The summed E-state index contributed by atoms with van der Waals surface area (Å²) in [6.45, 7) is 12.1. The minimum Gasteiger partial charge on any atom is -0.0654 e. The van der Waals surface area contributed by atoms with Crippen LogP contribution in [-0.2, 0) is 0 Å². The topological polar surface area (TPSA) is 0 Å². The largest absolute Gasteiger partial charge is 0.0654 e. The van der Waals surface area contributed by atoms with Crippen LogP contribution >= 0.6 is 0 Å². The Morgan fingerprint density at radius 3 is 2.25 bits per heavy atom. The minimum absolute atomic E-state index is 0.644. The molecule has 3 atom stereocenters. The van der Waals surface area contributed by atoms with E-state index in [9.17, 15) is 0 Å². The predicted molar refractivity (Wildman–Crippen MR) is 73.6 cm³/mol. The van der Waals surface area contributed by atoms with Crippen molar-refractivity contribution in [2.75, 3.05) is 0 Å². The summed E-state index contributed by atoms with van der Waals surface area (Å²) < 4.78 is 0. The summed E-state index contributed by atoms with van der Waals surface area (Å²) in [7, 11) is 0. The summed E-state index contributed by atoms with van der Waals surface area (Å²) in [6, 6.07) is 0. The highest BCUT2D eigenvalue weighted by Gasteiger charge is 2.49. The van der Waals surface area contributed by atoms with Crippen LogP contribution in [0.1, 0.15) is 79.6 Å². The van der Waals surface area contributed by atoms with Gasteiger partial charge in [0, 0.05) is 0 Å². The number of rotatable bonds is 7. The van der Waals surface area contributed by atoms with E-state index in [0.717, 1.165) is 17.8 Å². The molecule has 0 bridgehead atoms. The van der Waals surface area contributed by atoms with Crippen LogP contribution in [0.15, 0.2) is 0 Å². The molecule has 0 aromatic rings. The fourth-order valence-corrected chi connectivity index (χ4v) is 3.64. The van der Waals surface area contributed by atoms with E-state index in [1.807, 2.05) is 0 Å². The molecule has 0 amide bonds. The second-order valence-electron chi connectivity index (χ2n) is 6.56. The van der Waals surface area contributed by atoms with Crippen LogP contribution in [-0.4, -0.2) is 0 Å². The zero-order valence-corrected chi connectivity index (χ0v) is 12.2. The summed E-state index contributed by atoms with van der Waals surface area (Å²) in [5.74, 6) is 2.83. The van der Waals surface area contributed by atoms with Gasteiger partial charge in [0.2, 0.25) is 0 Å². The zero-order chi connectivity index (χ0) is 12.2. The van der Waals surface area contributed by atoms with Gasteiger partial charge in [-0.05, 0) is 36.0 Å². The third-order valence-electron chi connectivity index (χ3n) is 5.48. The normalized spacial score (nSPS) is 34.1. The van der Waals surface area contributed by atoms with Crippen LogP contribution in [0.4, 0.5) is 0 Å². The second-order valence-corrected chi connectivity index (χ2v) is 6.56. The number of hydrogen-bond donors (Lipinski definition) is 0. The van der Waals surface area contributed by atoms with E-state index < -0.39 is 0 Å². The maximum atomic E-state index is 2.53. The van der Waals surface area contributed by atoms with Gasteiger partial charge in [0.1, 0.15) is 0 Å². The van der Waals surface area contributed by atoms with Crippen molar-refractivity contribution in [3.63, 3.8) is 0 Å². The lowest BCUT2D eigenvalue weighted by atomic mass is 9.49. The molecule has 1 aliphatic carbocycles. The molecule has 0 N–H and O–H groups in total. The average Bonchev–Trinajstić information content (AvgIpc) is 2.26. The first-order valence-electron chi connectivity index (χ1n) is 7.53. The van der Waals surface area contributed by atoms with E-state index in [1.54, 1.807) is 0 Å². The first-order chi connectivity index (χ1) is 7.53. The van der Waals surface area contributed by atoms with Gasteiger partial charge in [-0.2, -0.15) is 0 Å². The van der Waals surface area contributed by atoms with E-state index >= 15 is 0 Å². The molecule has 0 radical (unpaired) electrons. The average molecular weight is 224 g/mol. The Bertz CT molecular complexity index is 187. The minimum atomic E-state index is 0.644. The molecule has 1 rings (SSSR count). The van der Waals surface area contributed by atoms with Crippen molar-refractivity contribution >= 4 is 0 Å². The molecule has 0 saturated heterocycles. The molecule has 96 valence electrons. The molecule has 3 unspecified atom stereocenters. The Morgan fingerprint density at radius 2 is 1.75 bits per heavy atom. The van der Waals surface area contributed by atoms with E-state index in [-0.39, 0.29) is 0 Å². The summed E-state index contributed by atoms with van der Waals surface area (Å²) >= 11 is 0. The lowest BCUT2D eigenvalue weighted by Gasteiger charge is -2.56. The molecular weight excluding hydrogens is 192 g/mol. The molecular formula is C16H32. The Balaban J connectivity index is 2.23. The maximum absolute atomic E-state index is 2.53. The first-order valence-corrected chi connectivity index (χ1v) is 7.53. The first kappa shape index (κ1) is 14.1. The molecule has 0 aliphatic heterocycles. The van der Waals surface area contributed by atoms with Gasteiger partial charge in [-0.15, -0.1) is 0 Å². The summed E-state index contributed by atoms with van der Waals surface area (Å²) in [4.78, 5) is 0. The van der Waals surface area contributed by atoms with Crippen molar-refractivity contribution in [3.8, 4) is 0 Å². The summed E-state index contributed by atoms with van der Waals surface area (Å²) in [5.41, 5.74) is 0.644. The monoisotopic (exact) mass is 224 g/mol. The Kier molecular flexibility index (Phi) is 5.34. The van der Waals surface area contributed by atoms with Gasteiger partial charge in [-0.25, -0.2) is 0 Å². The molecule has 0 aromatic heterocycles. The van der Waals surface area contributed by atoms with Crippen molar-refractivity contribution in [1.29, 1.82) is 0 Å².